The highest BCUT2D eigenvalue weighted by molar-refractivity contribution is 5.98. The van der Waals surface area contributed by atoms with Crippen molar-refractivity contribution in [1.82, 2.24) is 0 Å². The zero-order valence-electron chi connectivity index (χ0n) is 14.6. The number of anilines is 1. The number of aromatic carboxylic acids is 1. The maximum absolute atomic E-state index is 11.7. The van der Waals surface area contributed by atoms with Gasteiger partial charge in [-0.3, -0.25) is 4.79 Å². The Labute approximate surface area is 155 Å². The number of hydrogen-bond acceptors (Lipinski definition) is 3. The minimum Gasteiger partial charge on any atom is -0.478 e. The summed E-state index contributed by atoms with van der Waals surface area (Å²) >= 11 is 0. The van der Waals surface area contributed by atoms with Gasteiger partial charge in [-0.15, -0.1) is 0 Å². The van der Waals surface area contributed by atoms with Gasteiger partial charge in [0.05, 0.1) is 11.3 Å². The molecule has 0 aliphatic heterocycles. The van der Waals surface area contributed by atoms with Crippen LogP contribution in [0.4, 0.5) is 5.69 Å². The largest absolute Gasteiger partial charge is 0.478 e. The lowest BCUT2D eigenvalue weighted by Gasteiger charge is -2.44. The minimum atomic E-state index is -1.47. The van der Waals surface area contributed by atoms with Crippen LogP contribution in [0.25, 0.3) is 11.1 Å². The molecule has 3 aromatic carbocycles. The van der Waals surface area contributed by atoms with Crippen LogP contribution < -0.4 is 5.32 Å². The van der Waals surface area contributed by atoms with Crippen molar-refractivity contribution in [3.63, 3.8) is 0 Å². The molecule has 4 rings (SSSR count). The zero-order valence-corrected chi connectivity index (χ0v) is 14.6. The number of carboxylic acid groups (broad SMARTS) is 1. The van der Waals surface area contributed by atoms with Crippen molar-refractivity contribution in [2.24, 2.45) is 0 Å². The van der Waals surface area contributed by atoms with Crippen LogP contribution >= 0.6 is 0 Å². The molecule has 0 radical (unpaired) electrons. The van der Waals surface area contributed by atoms with Crippen LogP contribution in [0.15, 0.2) is 66.7 Å². The monoisotopic (exact) mass is 359 g/mol. The molecule has 3 N–H and O–H groups in total. The summed E-state index contributed by atoms with van der Waals surface area (Å²) in [5, 5.41) is 23.7. The fraction of sp³-hybridized carbons (Fsp3) is 0.0909. The van der Waals surface area contributed by atoms with E-state index in [0.717, 1.165) is 11.1 Å². The summed E-state index contributed by atoms with van der Waals surface area (Å²) in [5.74, 6) is -1.29. The van der Waals surface area contributed by atoms with Gasteiger partial charge in [0.2, 0.25) is 5.91 Å². The average molecular weight is 359 g/mol. The predicted octanol–water partition coefficient (Wildman–Crippen LogP) is 3.61. The normalized spacial score (nSPS) is 17.1. The summed E-state index contributed by atoms with van der Waals surface area (Å²) in [5.41, 5.74) is 2.47. The molecular weight excluding hydrogens is 342 g/mol. The van der Waals surface area contributed by atoms with Crippen molar-refractivity contribution in [1.29, 1.82) is 0 Å². The van der Waals surface area contributed by atoms with Gasteiger partial charge in [-0.05, 0) is 28.8 Å². The molecule has 1 unspecified atom stereocenters. The number of carbonyl (C=O) groups excluding carboxylic acids is 1. The smallest absolute Gasteiger partial charge is 0.335 e. The average Bonchev–Trinajstić information content (AvgIpc) is 2.68. The summed E-state index contributed by atoms with van der Waals surface area (Å²) in [6.45, 7) is 1.41. The molecule has 0 fully saturated rings. The van der Waals surface area contributed by atoms with Crippen molar-refractivity contribution in [3.05, 3.63) is 89.0 Å². The third-order valence-electron chi connectivity index (χ3n) is 4.87. The second kappa shape index (κ2) is 6.07. The first-order chi connectivity index (χ1) is 12.9. The van der Waals surface area contributed by atoms with Gasteiger partial charge in [-0.2, -0.15) is 0 Å². The molecule has 3 aromatic rings. The second-order valence-corrected chi connectivity index (χ2v) is 6.55. The van der Waals surface area contributed by atoms with Crippen LogP contribution in [0, 0.1) is 0 Å². The summed E-state index contributed by atoms with van der Waals surface area (Å²) in [6.07, 6.45) is 0. The summed E-state index contributed by atoms with van der Waals surface area (Å²) in [6, 6.07) is 19.5. The molecule has 0 aromatic heterocycles. The van der Waals surface area contributed by atoms with E-state index >= 15 is 0 Å². The van der Waals surface area contributed by atoms with E-state index in [1.54, 1.807) is 18.2 Å². The van der Waals surface area contributed by atoms with Crippen molar-refractivity contribution in [2.75, 3.05) is 5.32 Å². The molecule has 0 saturated carbocycles. The Hall–Kier alpha value is -3.44. The molecule has 1 aliphatic carbocycles. The summed E-state index contributed by atoms with van der Waals surface area (Å²) < 4.78 is 0. The van der Waals surface area contributed by atoms with Crippen LogP contribution in [0.1, 0.15) is 34.0 Å². The Morgan fingerprint density at radius 1 is 0.963 bits per heavy atom. The van der Waals surface area contributed by atoms with E-state index in [9.17, 15) is 19.8 Å². The fourth-order valence-corrected chi connectivity index (χ4v) is 3.69. The van der Waals surface area contributed by atoms with Gasteiger partial charge in [0.15, 0.2) is 0 Å². The molecule has 0 heterocycles. The topological polar surface area (TPSA) is 86.6 Å². The number of amides is 1. The molecule has 2 bridgehead atoms. The Morgan fingerprint density at radius 2 is 1.70 bits per heavy atom. The fourth-order valence-electron chi connectivity index (χ4n) is 3.69. The van der Waals surface area contributed by atoms with E-state index < -0.39 is 11.6 Å². The van der Waals surface area contributed by atoms with Crippen molar-refractivity contribution >= 4 is 17.6 Å². The molecule has 0 spiro atoms. The number of aliphatic hydroxyl groups is 1. The third-order valence-corrected chi connectivity index (χ3v) is 4.87. The van der Waals surface area contributed by atoms with E-state index in [1.165, 1.54) is 19.1 Å². The quantitative estimate of drug-likeness (QED) is 0.664. The summed E-state index contributed by atoms with van der Waals surface area (Å²) in [4.78, 5) is 23.0. The molecule has 1 aliphatic rings. The van der Waals surface area contributed by atoms with Crippen LogP contribution in [0.2, 0.25) is 0 Å². The van der Waals surface area contributed by atoms with Gasteiger partial charge in [-0.1, -0.05) is 54.6 Å². The number of fused-ring (bicyclic) bond motifs is 2. The number of carboxylic acids is 1. The highest BCUT2D eigenvalue weighted by Crippen LogP contribution is 2.56. The van der Waals surface area contributed by atoms with E-state index in [-0.39, 0.29) is 11.5 Å². The molecule has 5 heteroatoms. The molecule has 1 atom stereocenters. The highest BCUT2D eigenvalue weighted by atomic mass is 16.4. The van der Waals surface area contributed by atoms with Gasteiger partial charge in [0.25, 0.3) is 0 Å². The zero-order chi connectivity index (χ0) is 19.2. The maximum Gasteiger partial charge on any atom is 0.335 e. The second-order valence-electron chi connectivity index (χ2n) is 6.55. The first-order valence-corrected chi connectivity index (χ1v) is 8.50. The number of nitrogens with one attached hydrogen (secondary N) is 1. The van der Waals surface area contributed by atoms with E-state index in [1.807, 2.05) is 36.4 Å². The van der Waals surface area contributed by atoms with E-state index in [4.69, 9.17) is 0 Å². The van der Waals surface area contributed by atoms with E-state index in [2.05, 4.69) is 5.32 Å². The minimum absolute atomic E-state index is 0.0958. The van der Waals surface area contributed by atoms with Crippen LogP contribution in [0.5, 0.6) is 0 Å². The van der Waals surface area contributed by atoms with Crippen LogP contribution in [-0.4, -0.2) is 22.1 Å². The van der Waals surface area contributed by atoms with Crippen molar-refractivity contribution in [3.8, 4) is 11.1 Å². The van der Waals surface area contributed by atoms with Crippen molar-refractivity contribution in [2.45, 2.75) is 12.5 Å². The lowest BCUT2D eigenvalue weighted by atomic mass is 9.66. The van der Waals surface area contributed by atoms with Crippen LogP contribution in [0.3, 0.4) is 0 Å². The highest BCUT2D eigenvalue weighted by Gasteiger charge is 2.49. The lowest BCUT2D eigenvalue weighted by molar-refractivity contribution is -0.114. The Kier molecular flexibility index (Phi) is 3.82. The SMILES string of the molecule is CC(=O)Nc1c2ccc(-c3ccccc3)c1C2(O)c1cccc(C(=O)O)c1. The number of carbonyl (C=O) groups is 2. The maximum atomic E-state index is 11.7. The van der Waals surface area contributed by atoms with Crippen LogP contribution in [-0.2, 0) is 10.4 Å². The van der Waals surface area contributed by atoms with Crippen molar-refractivity contribution < 1.29 is 19.8 Å². The van der Waals surface area contributed by atoms with Gasteiger partial charge in [0.1, 0.15) is 5.60 Å². The number of hydrogen-bond donors (Lipinski definition) is 3. The molecule has 27 heavy (non-hydrogen) atoms. The summed E-state index contributed by atoms with van der Waals surface area (Å²) in [7, 11) is 0. The standard InChI is InChI=1S/C22H17NO4/c1-13(24)23-20-18-11-10-17(14-6-3-2-4-7-14)19(20)22(18,27)16-9-5-8-15(12-16)21(25)26/h2-12,27H,1H3,(H,23,24)(H,25,26). The third kappa shape index (κ3) is 2.52. The van der Waals surface area contributed by atoms with Gasteiger partial charge in [0, 0.05) is 18.1 Å². The van der Waals surface area contributed by atoms with Gasteiger partial charge >= 0.3 is 5.97 Å². The molecule has 5 nitrogen and oxygen atoms in total. The van der Waals surface area contributed by atoms with Gasteiger partial charge < -0.3 is 15.5 Å². The molecule has 1 amide bonds. The Morgan fingerprint density at radius 3 is 2.37 bits per heavy atom. The van der Waals surface area contributed by atoms with E-state index in [0.29, 0.717) is 22.4 Å². The first-order valence-electron chi connectivity index (χ1n) is 8.50. The Bertz CT molecular complexity index is 1070. The lowest BCUT2D eigenvalue weighted by Crippen LogP contribution is -2.40. The molecular formula is C22H17NO4. The predicted molar refractivity (Wildman–Crippen MR) is 102 cm³/mol. The molecule has 0 saturated heterocycles. The molecule has 134 valence electrons. The number of benzene rings is 3. The first kappa shape index (κ1) is 17.0. The van der Waals surface area contributed by atoms with Gasteiger partial charge in [-0.25, -0.2) is 4.79 Å². The Balaban J connectivity index is 1.93. The number of rotatable bonds is 4.